The molecule has 60 valence electrons. The zero-order chi connectivity index (χ0) is 7.68. The van der Waals surface area contributed by atoms with E-state index in [0.717, 1.165) is 12.4 Å². The summed E-state index contributed by atoms with van der Waals surface area (Å²) in [4.78, 5) is 4.17. The molecule has 1 aliphatic carbocycles. The highest BCUT2D eigenvalue weighted by Gasteiger charge is 2.29. The van der Waals surface area contributed by atoms with Gasteiger partial charge < -0.3 is 9.84 Å². The van der Waals surface area contributed by atoms with Crippen LogP contribution in [0.4, 0.5) is 5.95 Å². The van der Waals surface area contributed by atoms with E-state index in [1.807, 2.05) is 6.92 Å². The summed E-state index contributed by atoms with van der Waals surface area (Å²) in [6.45, 7) is 2.84. The summed E-state index contributed by atoms with van der Waals surface area (Å²) in [5.41, 5.74) is 0. The van der Waals surface area contributed by atoms with Gasteiger partial charge in [0, 0.05) is 12.5 Å². The number of hydrogen-bond donors (Lipinski definition) is 1. The molecule has 0 aromatic carbocycles. The Balaban J connectivity index is 2.06. The lowest BCUT2D eigenvalue weighted by Crippen LogP contribution is -1.97. The predicted molar refractivity (Wildman–Crippen MR) is 40.4 cm³/mol. The van der Waals surface area contributed by atoms with Crippen LogP contribution in [0.3, 0.4) is 0 Å². The molecule has 0 radical (unpaired) electrons. The Morgan fingerprint density at radius 1 is 1.64 bits per heavy atom. The molecule has 0 spiro atoms. The van der Waals surface area contributed by atoms with Gasteiger partial charge in [0.15, 0.2) is 0 Å². The second-order valence-corrected chi connectivity index (χ2v) is 2.76. The van der Waals surface area contributed by atoms with Gasteiger partial charge in [-0.15, -0.1) is 0 Å². The van der Waals surface area contributed by atoms with Crippen molar-refractivity contribution in [3.63, 3.8) is 0 Å². The summed E-state index contributed by atoms with van der Waals surface area (Å²) in [6, 6.07) is 0. The normalized spacial score (nSPS) is 16.8. The number of aromatic nitrogens is 2. The highest BCUT2D eigenvalue weighted by Crippen LogP contribution is 2.39. The zero-order valence-corrected chi connectivity index (χ0v) is 6.50. The van der Waals surface area contributed by atoms with Crippen molar-refractivity contribution in [2.45, 2.75) is 25.7 Å². The summed E-state index contributed by atoms with van der Waals surface area (Å²) in [5.74, 6) is 1.96. The molecule has 4 nitrogen and oxygen atoms in total. The van der Waals surface area contributed by atoms with E-state index in [2.05, 4.69) is 15.5 Å². The molecular weight excluding hydrogens is 142 g/mol. The molecule has 0 aliphatic heterocycles. The highest BCUT2D eigenvalue weighted by atomic mass is 16.5. The zero-order valence-electron chi connectivity index (χ0n) is 6.50. The average molecular weight is 153 g/mol. The van der Waals surface area contributed by atoms with Gasteiger partial charge in [-0.1, -0.05) is 0 Å². The van der Waals surface area contributed by atoms with Crippen molar-refractivity contribution in [1.29, 1.82) is 0 Å². The molecule has 11 heavy (non-hydrogen) atoms. The predicted octanol–water partition coefficient (Wildman–Crippen LogP) is 1.38. The lowest BCUT2D eigenvalue weighted by Gasteiger charge is -1.89. The third-order valence-corrected chi connectivity index (χ3v) is 1.70. The van der Waals surface area contributed by atoms with Crippen LogP contribution in [0.5, 0.6) is 0 Å². The maximum atomic E-state index is 5.02. The number of nitrogens with one attached hydrogen (secondary N) is 1. The van der Waals surface area contributed by atoms with Gasteiger partial charge in [-0.3, -0.25) is 0 Å². The summed E-state index contributed by atoms with van der Waals surface area (Å²) in [5, 5.41) is 6.76. The summed E-state index contributed by atoms with van der Waals surface area (Å²) in [7, 11) is 0. The van der Waals surface area contributed by atoms with Crippen LogP contribution in [0.25, 0.3) is 0 Å². The molecule has 1 N–H and O–H groups in total. The van der Waals surface area contributed by atoms with Crippen molar-refractivity contribution in [2.24, 2.45) is 0 Å². The van der Waals surface area contributed by atoms with E-state index in [1.165, 1.54) is 12.8 Å². The highest BCUT2D eigenvalue weighted by molar-refractivity contribution is 5.22. The standard InChI is InChI=1S/C7H11N3O/c1-2-8-7-9-6(11-10-7)5-3-4-5/h5H,2-4H2,1H3,(H,8,10). The van der Waals surface area contributed by atoms with Crippen molar-refractivity contribution < 1.29 is 4.52 Å². The average Bonchev–Trinajstić information content (AvgIpc) is 2.75. The van der Waals surface area contributed by atoms with Crippen molar-refractivity contribution in [3.8, 4) is 0 Å². The Labute approximate surface area is 65.0 Å². The lowest BCUT2D eigenvalue weighted by molar-refractivity contribution is 0.380. The van der Waals surface area contributed by atoms with E-state index in [4.69, 9.17) is 4.52 Å². The minimum absolute atomic E-state index is 0.551. The third-order valence-electron chi connectivity index (χ3n) is 1.70. The van der Waals surface area contributed by atoms with Crippen LogP contribution >= 0.6 is 0 Å². The summed E-state index contributed by atoms with van der Waals surface area (Å²) in [6.07, 6.45) is 2.40. The van der Waals surface area contributed by atoms with Gasteiger partial charge in [0.05, 0.1) is 0 Å². The minimum Gasteiger partial charge on any atom is -0.352 e. The largest absolute Gasteiger partial charge is 0.352 e. The first-order chi connectivity index (χ1) is 5.40. The van der Waals surface area contributed by atoms with Crippen LogP contribution in [-0.2, 0) is 0 Å². The van der Waals surface area contributed by atoms with Gasteiger partial charge in [-0.05, 0) is 24.9 Å². The van der Waals surface area contributed by atoms with Crippen LogP contribution in [0.15, 0.2) is 4.52 Å². The number of nitrogens with zero attached hydrogens (tertiary/aromatic N) is 2. The van der Waals surface area contributed by atoms with Gasteiger partial charge >= 0.3 is 0 Å². The van der Waals surface area contributed by atoms with E-state index in [0.29, 0.717) is 11.9 Å². The third kappa shape index (κ3) is 1.34. The Morgan fingerprint density at radius 3 is 3.09 bits per heavy atom. The molecule has 0 bridgehead atoms. The second-order valence-electron chi connectivity index (χ2n) is 2.76. The van der Waals surface area contributed by atoms with Crippen molar-refractivity contribution in [2.75, 3.05) is 11.9 Å². The van der Waals surface area contributed by atoms with E-state index < -0.39 is 0 Å². The molecular formula is C7H11N3O. The fraction of sp³-hybridized carbons (Fsp3) is 0.714. The molecule has 1 heterocycles. The topological polar surface area (TPSA) is 51.0 Å². The number of anilines is 1. The quantitative estimate of drug-likeness (QED) is 0.712. The minimum atomic E-state index is 0.551. The van der Waals surface area contributed by atoms with Gasteiger partial charge in [0.25, 0.3) is 5.95 Å². The van der Waals surface area contributed by atoms with Gasteiger partial charge in [0.1, 0.15) is 0 Å². The van der Waals surface area contributed by atoms with Crippen molar-refractivity contribution in [1.82, 2.24) is 10.1 Å². The summed E-state index contributed by atoms with van der Waals surface area (Å²) >= 11 is 0. The Bertz CT molecular complexity index is 242. The number of rotatable bonds is 3. The molecule has 0 atom stereocenters. The monoisotopic (exact) mass is 153 g/mol. The lowest BCUT2D eigenvalue weighted by atomic mass is 10.4. The molecule has 0 amide bonds. The smallest absolute Gasteiger partial charge is 0.263 e. The molecule has 1 saturated carbocycles. The van der Waals surface area contributed by atoms with E-state index >= 15 is 0 Å². The maximum Gasteiger partial charge on any atom is 0.263 e. The molecule has 4 heteroatoms. The van der Waals surface area contributed by atoms with Crippen molar-refractivity contribution in [3.05, 3.63) is 5.89 Å². The van der Waals surface area contributed by atoms with Crippen LogP contribution < -0.4 is 5.32 Å². The van der Waals surface area contributed by atoms with Crippen LogP contribution in [0.1, 0.15) is 31.6 Å². The van der Waals surface area contributed by atoms with E-state index in [1.54, 1.807) is 0 Å². The first-order valence-corrected chi connectivity index (χ1v) is 3.97. The van der Waals surface area contributed by atoms with Gasteiger partial charge in [0.2, 0.25) is 5.89 Å². The fourth-order valence-corrected chi connectivity index (χ4v) is 0.961. The van der Waals surface area contributed by atoms with Crippen LogP contribution in [0, 0.1) is 0 Å². The van der Waals surface area contributed by atoms with E-state index in [-0.39, 0.29) is 0 Å². The second kappa shape index (κ2) is 2.53. The van der Waals surface area contributed by atoms with Crippen LogP contribution in [-0.4, -0.2) is 16.7 Å². The fourth-order valence-electron chi connectivity index (χ4n) is 0.961. The Hall–Kier alpha value is -1.06. The molecule has 0 saturated heterocycles. The molecule has 1 fully saturated rings. The first kappa shape index (κ1) is 6.64. The van der Waals surface area contributed by atoms with Crippen LogP contribution in [0.2, 0.25) is 0 Å². The van der Waals surface area contributed by atoms with E-state index in [9.17, 15) is 0 Å². The molecule has 1 aromatic rings. The summed E-state index contributed by atoms with van der Waals surface area (Å²) < 4.78 is 5.02. The first-order valence-electron chi connectivity index (χ1n) is 3.97. The Kier molecular flexibility index (Phi) is 1.52. The SMILES string of the molecule is CCNc1noc(C2CC2)n1. The van der Waals surface area contributed by atoms with Gasteiger partial charge in [-0.25, -0.2) is 0 Å². The van der Waals surface area contributed by atoms with Gasteiger partial charge in [-0.2, -0.15) is 4.98 Å². The molecule has 1 aliphatic rings. The van der Waals surface area contributed by atoms with Crippen molar-refractivity contribution >= 4 is 5.95 Å². The molecule has 1 aromatic heterocycles. The number of hydrogen-bond acceptors (Lipinski definition) is 4. The molecule has 0 unspecified atom stereocenters. The maximum absolute atomic E-state index is 5.02. The Morgan fingerprint density at radius 2 is 2.45 bits per heavy atom. The molecule has 2 rings (SSSR count).